The van der Waals surface area contributed by atoms with Crippen LogP contribution >= 0.6 is 0 Å². The first kappa shape index (κ1) is 15.4. The Morgan fingerprint density at radius 1 is 1.35 bits per heavy atom. The van der Waals surface area contributed by atoms with Gasteiger partial charge in [0.1, 0.15) is 5.82 Å². The first-order valence-electron chi connectivity index (χ1n) is 7.41. The second-order valence-corrected chi connectivity index (χ2v) is 6.08. The fraction of sp³-hybridized carbons (Fsp3) is 0.625. The Kier molecular flexibility index (Phi) is 5.13. The van der Waals surface area contributed by atoms with Crippen molar-refractivity contribution < 1.29 is 4.39 Å². The molecule has 0 bridgehead atoms. The van der Waals surface area contributed by atoms with Crippen LogP contribution in [0.1, 0.15) is 31.4 Å². The Morgan fingerprint density at radius 3 is 2.65 bits per heavy atom. The van der Waals surface area contributed by atoms with E-state index in [1.807, 2.05) is 19.1 Å². The van der Waals surface area contributed by atoms with Crippen LogP contribution in [0.5, 0.6) is 0 Å². The van der Waals surface area contributed by atoms with Crippen molar-refractivity contribution in [2.24, 2.45) is 5.73 Å². The smallest absolute Gasteiger partial charge is 0.128 e. The zero-order valence-electron chi connectivity index (χ0n) is 12.7. The minimum absolute atomic E-state index is 0.0426. The third kappa shape index (κ3) is 3.37. The number of nitrogens with two attached hydrogens (primary N) is 1. The van der Waals surface area contributed by atoms with Crippen molar-refractivity contribution in [1.82, 2.24) is 9.80 Å². The summed E-state index contributed by atoms with van der Waals surface area (Å²) in [5.41, 5.74) is 6.89. The van der Waals surface area contributed by atoms with Crippen molar-refractivity contribution in [3.63, 3.8) is 0 Å². The standard InChI is InChI=1S/C16H26FN3/c1-12(18)16(14-8-4-5-9-15(14)17)20-10-6-7-13(11-20)19(2)3/h4-5,8-9,12-13,16H,6-7,10-11,18H2,1-3H3. The molecule has 20 heavy (non-hydrogen) atoms. The van der Waals surface area contributed by atoms with Crippen molar-refractivity contribution in [3.8, 4) is 0 Å². The zero-order valence-corrected chi connectivity index (χ0v) is 12.7. The highest BCUT2D eigenvalue weighted by atomic mass is 19.1. The van der Waals surface area contributed by atoms with Crippen molar-refractivity contribution in [2.45, 2.75) is 37.9 Å². The van der Waals surface area contributed by atoms with Gasteiger partial charge in [-0.25, -0.2) is 4.39 Å². The van der Waals surface area contributed by atoms with Gasteiger partial charge in [0.05, 0.1) is 6.04 Å². The Hall–Kier alpha value is -0.970. The molecule has 0 spiro atoms. The SMILES string of the molecule is CC(N)C(c1ccccc1F)N1CCCC(N(C)C)C1. The third-order valence-electron chi connectivity index (χ3n) is 4.27. The number of piperidine rings is 1. The van der Waals surface area contributed by atoms with Gasteiger partial charge in [-0.05, 0) is 46.5 Å². The highest BCUT2D eigenvalue weighted by Crippen LogP contribution is 2.29. The van der Waals surface area contributed by atoms with Crippen LogP contribution in [0.2, 0.25) is 0 Å². The molecule has 2 N–H and O–H groups in total. The highest BCUT2D eigenvalue weighted by molar-refractivity contribution is 5.23. The van der Waals surface area contributed by atoms with E-state index in [1.165, 1.54) is 12.5 Å². The molecule has 0 amide bonds. The second kappa shape index (κ2) is 6.66. The molecule has 0 aromatic heterocycles. The van der Waals surface area contributed by atoms with Gasteiger partial charge in [-0.3, -0.25) is 4.90 Å². The lowest BCUT2D eigenvalue weighted by molar-refractivity contribution is 0.0849. The van der Waals surface area contributed by atoms with Gasteiger partial charge in [0.2, 0.25) is 0 Å². The molecule has 1 aliphatic heterocycles. The van der Waals surface area contributed by atoms with E-state index in [0.29, 0.717) is 6.04 Å². The van der Waals surface area contributed by atoms with Crippen LogP contribution in [-0.4, -0.2) is 49.1 Å². The Labute approximate surface area is 121 Å². The molecule has 2 rings (SSSR count). The van der Waals surface area contributed by atoms with E-state index in [-0.39, 0.29) is 17.9 Å². The molecular formula is C16H26FN3. The van der Waals surface area contributed by atoms with E-state index >= 15 is 0 Å². The summed E-state index contributed by atoms with van der Waals surface area (Å²) < 4.78 is 14.1. The largest absolute Gasteiger partial charge is 0.326 e. The Bertz CT molecular complexity index is 433. The normalized spacial score (nSPS) is 23.8. The molecule has 1 aliphatic rings. The quantitative estimate of drug-likeness (QED) is 0.917. The van der Waals surface area contributed by atoms with Crippen LogP contribution in [0.4, 0.5) is 4.39 Å². The molecule has 1 aromatic rings. The summed E-state index contributed by atoms with van der Waals surface area (Å²) in [6.07, 6.45) is 2.34. The number of hydrogen-bond donors (Lipinski definition) is 1. The summed E-state index contributed by atoms with van der Waals surface area (Å²) in [7, 11) is 4.22. The van der Waals surface area contributed by atoms with Crippen LogP contribution in [0.15, 0.2) is 24.3 Å². The summed E-state index contributed by atoms with van der Waals surface area (Å²) >= 11 is 0. The number of halogens is 1. The van der Waals surface area contributed by atoms with Gasteiger partial charge in [-0.15, -0.1) is 0 Å². The van der Waals surface area contributed by atoms with Gasteiger partial charge in [0, 0.05) is 24.2 Å². The van der Waals surface area contributed by atoms with Crippen LogP contribution in [0.3, 0.4) is 0 Å². The first-order chi connectivity index (χ1) is 9.50. The maximum atomic E-state index is 14.1. The molecule has 0 radical (unpaired) electrons. The van der Waals surface area contributed by atoms with E-state index in [4.69, 9.17) is 5.73 Å². The van der Waals surface area contributed by atoms with Gasteiger partial charge in [0.25, 0.3) is 0 Å². The van der Waals surface area contributed by atoms with E-state index in [1.54, 1.807) is 6.07 Å². The van der Waals surface area contributed by atoms with E-state index in [0.717, 1.165) is 25.1 Å². The number of rotatable bonds is 4. The van der Waals surface area contributed by atoms with Crippen LogP contribution in [-0.2, 0) is 0 Å². The molecule has 4 heteroatoms. The predicted molar refractivity (Wildman–Crippen MR) is 81.1 cm³/mol. The van der Waals surface area contributed by atoms with Gasteiger partial charge < -0.3 is 10.6 Å². The maximum absolute atomic E-state index is 14.1. The summed E-state index contributed by atoms with van der Waals surface area (Å²) in [4.78, 5) is 4.60. The molecule has 1 aromatic carbocycles. The maximum Gasteiger partial charge on any atom is 0.128 e. The lowest BCUT2D eigenvalue weighted by Gasteiger charge is -2.42. The van der Waals surface area contributed by atoms with Crippen molar-refractivity contribution >= 4 is 0 Å². The fourth-order valence-electron chi connectivity index (χ4n) is 3.18. The van der Waals surface area contributed by atoms with Crippen molar-refractivity contribution in [2.75, 3.05) is 27.2 Å². The van der Waals surface area contributed by atoms with E-state index in [9.17, 15) is 4.39 Å². The van der Waals surface area contributed by atoms with Crippen molar-refractivity contribution in [3.05, 3.63) is 35.6 Å². The molecule has 1 fully saturated rings. The monoisotopic (exact) mass is 279 g/mol. The lowest BCUT2D eigenvalue weighted by Crippen LogP contribution is -2.50. The fourth-order valence-corrected chi connectivity index (χ4v) is 3.18. The molecule has 3 atom stereocenters. The average molecular weight is 279 g/mol. The van der Waals surface area contributed by atoms with Crippen LogP contribution in [0, 0.1) is 5.82 Å². The first-order valence-corrected chi connectivity index (χ1v) is 7.41. The minimum atomic E-state index is -0.151. The van der Waals surface area contributed by atoms with Crippen LogP contribution in [0.25, 0.3) is 0 Å². The van der Waals surface area contributed by atoms with Crippen molar-refractivity contribution in [1.29, 1.82) is 0 Å². The van der Waals surface area contributed by atoms with E-state index in [2.05, 4.69) is 23.9 Å². The number of likely N-dealkylation sites (N-methyl/N-ethyl adjacent to an activating group) is 1. The number of hydrogen-bond acceptors (Lipinski definition) is 3. The average Bonchev–Trinajstić information content (AvgIpc) is 2.41. The second-order valence-electron chi connectivity index (χ2n) is 6.08. The molecule has 112 valence electrons. The van der Waals surface area contributed by atoms with Gasteiger partial charge in [-0.2, -0.15) is 0 Å². The van der Waals surface area contributed by atoms with E-state index < -0.39 is 0 Å². The molecule has 0 aliphatic carbocycles. The highest BCUT2D eigenvalue weighted by Gasteiger charge is 2.31. The van der Waals surface area contributed by atoms with Gasteiger partial charge in [0.15, 0.2) is 0 Å². The Balaban J connectivity index is 2.23. The van der Waals surface area contributed by atoms with Gasteiger partial charge >= 0.3 is 0 Å². The molecule has 3 nitrogen and oxygen atoms in total. The number of likely N-dealkylation sites (tertiary alicyclic amines) is 1. The molecule has 0 saturated carbocycles. The number of nitrogens with zero attached hydrogens (tertiary/aromatic N) is 2. The summed E-state index contributed by atoms with van der Waals surface area (Å²) in [6, 6.07) is 7.40. The minimum Gasteiger partial charge on any atom is -0.326 e. The molecule has 3 unspecified atom stereocenters. The number of benzene rings is 1. The zero-order chi connectivity index (χ0) is 14.7. The molecule has 1 saturated heterocycles. The predicted octanol–water partition coefficient (Wildman–Crippen LogP) is 2.24. The summed E-state index contributed by atoms with van der Waals surface area (Å²) in [5.74, 6) is -0.151. The van der Waals surface area contributed by atoms with Crippen LogP contribution < -0.4 is 5.73 Å². The summed E-state index contributed by atoms with van der Waals surface area (Å²) in [5, 5.41) is 0. The van der Waals surface area contributed by atoms with Gasteiger partial charge in [-0.1, -0.05) is 18.2 Å². The molecule has 1 heterocycles. The topological polar surface area (TPSA) is 32.5 Å². The summed E-state index contributed by atoms with van der Waals surface area (Å²) in [6.45, 7) is 3.91. The molecular weight excluding hydrogens is 253 g/mol. The third-order valence-corrected chi connectivity index (χ3v) is 4.27. The Morgan fingerprint density at radius 2 is 2.05 bits per heavy atom. The lowest BCUT2D eigenvalue weighted by atomic mass is 9.94.